The average molecular weight is 534 g/mol. The molecular weight excluding hydrogens is 508 g/mol. The molecule has 1 spiro atoms. The van der Waals surface area contributed by atoms with Gasteiger partial charge in [0.1, 0.15) is 17.8 Å². The van der Waals surface area contributed by atoms with Gasteiger partial charge in [-0.05, 0) is 41.2 Å². The minimum atomic E-state index is -1.33. The van der Waals surface area contributed by atoms with E-state index in [1.807, 2.05) is 25.7 Å². The average Bonchev–Trinajstić information content (AvgIpc) is 3.33. The van der Waals surface area contributed by atoms with Crippen LogP contribution >= 0.6 is 23.2 Å². The van der Waals surface area contributed by atoms with E-state index in [4.69, 9.17) is 23.2 Å². The van der Waals surface area contributed by atoms with Crippen LogP contribution in [0.25, 0.3) is 0 Å². The van der Waals surface area contributed by atoms with Crippen molar-refractivity contribution in [2.24, 2.45) is 5.41 Å². The quantitative estimate of drug-likeness (QED) is 0.604. The molecule has 7 nitrogen and oxygen atoms in total. The van der Waals surface area contributed by atoms with E-state index in [0.29, 0.717) is 22.7 Å². The molecule has 2 N–H and O–H groups in total. The Kier molecular flexibility index (Phi) is 5.85. The van der Waals surface area contributed by atoms with Gasteiger partial charge >= 0.3 is 5.97 Å². The van der Waals surface area contributed by atoms with Crippen LogP contribution in [-0.2, 0) is 19.8 Å². The second kappa shape index (κ2) is 8.43. The molecule has 0 aromatic heterocycles. The van der Waals surface area contributed by atoms with Crippen LogP contribution in [-0.4, -0.2) is 58.0 Å². The first-order chi connectivity index (χ1) is 16.9. The van der Waals surface area contributed by atoms with Crippen molar-refractivity contribution in [3.8, 4) is 0 Å². The molecule has 2 saturated heterocycles. The number of hydrogen-bond acceptors (Lipinski definition) is 4. The van der Waals surface area contributed by atoms with Gasteiger partial charge in [-0.3, -0.25) is 19.3 Å². The zero-order chi connectivity index (χ0) is 26.2. The molecule has 3 heterocycles. The van der Waals surface area contributed by atoms with Crippen LogP contribution in [0.5, 0.6) is 0 Å². The van der Waals surface area contributed by atoms with Gasteiger partial charge in [0, 0.05) is 22.7 Å². The SMILES string of the molecule is CC(C)(C)C[C@@H]1N2CN(CC(=O)O)C(=O)[C@H]2[C@H](c2cccc(Cl)c2F)[C@]12C(=O)Nc1cc(Cl)ccc12. The van der Waals surface area contributed by atoms with E-state index in [1.165, 1.54) is 11.0 Å². The Labute approximate surface area is 218 Å². The third-order valence-electron chi connectivity index (χ3n) is 7.49. The summed E-state index contributed by atoms with van der Waals surface area (Å²) >= 11 is 12.4. The molecule has 0 aliphatic carbocycles. The van der Waals surface area contributed by atoms with Gasteiger partial charge in [-0.2, -0.15) is 0 Å². The van der Waals surface area contributed by atoms with Gasteiger partial charge < -0.3 is 15.3 Å². The maximum atomic E-state index is 15.7. The number of nitrogens with zero attached hydrogens (tertiary/aromatic N) is 2. The summed E-state index contributed by atoms with van der Waals surface area (Å²) in [6, 6.07) is 8.20. The number of carboxylic acid groups (broad SMARTS) is 1. The molecule has 190 valence electrons. The first kappa shape index (κ1) is 25.0. The van der Waals surface area contributed by atoms with Crippen LogP contribution in [0.15, 0.2) is 36.4 Å². The maximum absolute atomic E-state index is 15.7. The number of rotatable bonds is 4. The zero-order valence-electron chi connectivity index (χ0n) is 20.0. The second-order valence-electron chi connectivity index (χ2n) is 10.9. The lowest BCUT2D eigenvalue weighted by molar-refractivity contribution is -0.143. The molecule has 0 radical (unpaired) electrons. The largest absolute Gasteiger partial charge is 0.480 e. The minimum absolute atomic E-state index is 0.0210. The number of carbonyl (C=O) groups is 3. The van der Waals surface area contributed by atoms with Gasteiger partial charge in [0.2, 0.25) is 11.8 Å². The Morgan fingerprint density at radius 3 is 2.61 bits per heavy atom. The summed E-state index contributed by atoms with van der Waals surface area (Å²) in [5, 5.41) is 12.7. The molecule has 2 fully saturated rings. The first-order valence-corrected chi connectivity index (χ1v) is 12.4. The van der Waals surface area contributed by atoms with E-state index >= 15 is 4.39 Å². The van der Waals surface area contributed by atoms with E-state index in [0.717, 1.165) is 0 Å². The molecule has 5 rings (SSSR count). The Morgan fingerprint density at radius 2 is 1.94 bits per heavy atom. The molecule has 4 atom stereocenters. The van der Waals surface area contributed by atoms with Gasteiger partial charge in [0.15, 0.2) is 0 Å². The number of hydrogen-bond donors (Lipinski definition) is 2. The highest BCUT2D eigenvalue weighted by molar-refractivity contribution is 6.31. The van der Waals surface area contributed by atoms with Crippen molar-refractivity contribution in [3.63, 3.8) is 0 Å². The summed E-state index contributed by atoms with van der Waals surface area (Å²) in [7, 11) is 0. The Hall–Kier alpha value is -2.68. The Bertz CT molecular complexity index is 1300. The number of fused-ring (bicyclic) bond motifs is 3. The molecular formula is C26H26Cl2FN3O4. The monoisotopic (exact) mass is 533 g/mol. The lowest BCUT2D eigenvalue weighted by Crippen LogP contribution is -2.52. The predicted molar refractivity (Wildman–Crippen MR) is 134 cm³/mol. The van der Waals surface area contributed by atoms with Crippen molar-refractivity contribution in [2.45, 2.75) is 50.6 Å². The summed E-state index contributed by atoms with van der Waals surface area (Å²) in [5.41, 5.74) is -0.286. The molecule has 10 heteroatoms. The van der Waals surface area contributed by atoms with Crippen LogP contribution in [0.4, 0.5) is 10.1 Å². The number of anilines is 1. The van der Waals surface area contributed by atoms with Crippen LogP contribution in [0.3, 0.4) is 0 Å². The highest BCUT2D eigenvalue weighted by Gasteiger charge is 2.71. The van der Waals surface area contributed by atoms with Crippen molar-refractivity contribution >= 4 is 46.7 Å². The van der Waals surface area contributed by atoms with Gasteiger partial charge in [0.25, 0.3) is 0 Å². The lowest BCUT2D eigenvalue weighted by Gasteiger charge is -2.40. The van der Waals surface area contributed by atoms with Gasteiger partial charge in [-0.25, -0.2) is 4.39 Å². The van der Waals surface area contributed by atoms with Crippen molar-refractivity contribution in [1.29, 1.82) is 0 Å². The van der Waals surface area contributed by atoms with Crippen LogP contribution in [0.2, 0.25) is 10.0 Å². The minimum Gasteiger partial charge on any atom is -0.480 e. The number of nitrogens with one attached hydrogen (secondary N) is 1. The molecule has 2 amide bonds. The first-order valence-electron chi connectivity index (χ1n) is 11.7. The van der Waals surface area contributed by atoms with Crippen LogP contribution < -0.4 is 5.32 Å². The third-order valence-corrected chi connectivity index (χ3v) is 8.01. The van der Waals surface area contributed by atoms with Crippen molar-refractivity contribution < 1.29 is 23.9 Å². The fraction of sp³-hybridized carbons (Fsp3) is 0.423. The zero-order valence-corrected chi connectivity index (χ0v) is 21.5. The molecule has 0 saturated carbocycles. The number of halogens is 3. The van der Waals surface area contributed by atoms with Gasteiger partial charge in [-0.1, -0.05) is 62.2 Å². The fourth-order valence-electron chi connectivity index (χ4n) is 6.32. The molecule has 2 aromatic carbocycles. The summed E-state index contributed by atoms with van der Waals surface area (Å²) in [6.45, 7) is 5.64. The van der Waals surface area contributed by atoms with Crippen molar-refractivity contribution in [1.82, 2.24) is 9.80 Å². The highest BCUT2D eigenvalue weighted by Crippen LogP contribution is 2.61. The van der Waals surface area contributed by atoms with Crippen molar-refractivity contribution in [2.75, 3.05) is 18.5 Å². The molecule has 2 aromatic rings. The number of carbonyl (C=O) groups excluding carboxylic acids is 2. The Morgan fingerprint density at radius 1 is 1.22 bits per heavy atom. The fourth-order valence-corrected chi connectivity index (χ4v) is 6.68. The van der Waals surface area contributed by atoms with Gasteiger partial charge in [-0.15, -0.1) is 0 Å². The third kappa shape index (κ3) is 3.61. The number of carboxylic acids is 1. The summed E-state index contributed by atoms with van der Waals surface area (Å²) < 4.78 is 15.7. The summed E-state index contributed by atoms with van der Waals surface area (Å²) in [6.07, 6.45) is 0.492. The Balaban J connectivity index is 1.81. The predicted octanol–water partition coefficient (Wildman–Crippen LogP) is 4.48. The summed E-state index contributed by atoms with van der Waals surface area (Å²) in [4.78, 5) is 42.5. The smallest absolute Gasteiger partial charge is 0.323 e. The van der Waals surface area contributed by atoms with Crippen LogP contribution in [0, 0.1) is 11.2 Å². The standard InChI is InChI=1S/C26H26Cl2FN3O4/c1-25(2,3)10-18-26(15-8-7-13(27)9-17(15)30-24(26)36)20(14-5-4-6-16(28)21(14)29)22-23(35)31(11-19(33)34)12-32(18)22/h4-9,18,20,22H,10-12H2,1-3H3,(H,30,36)(H,33,34)/t18-,20-,22+,26+/m0/s1. The van der Waals surface area contributed by atoms with E-state index in [-0.39, 0.29) is 28.6 Å². The topological polar surface area (TPSA) is 90.0 Å². The number of amides is 2. The van der Waals surface area contributed by atoms with Crippen LogP contribution in [0.1, 0.15) is 44.2 Å². The molecule has 0 bridgehead atoms. The van der Waals surface area contributed by atoms with E-state index in [1.54, 1.807) is 30.3 Å². The number of benzene rings is 2. The molecule has 36 heavy (non-hydrogen) atoms. The van der Waals surface area contributed by atoms with Crippen molar-refractivity contribution in [3.05, 3.63) is 63.4 Å². The second-order valence-corrected chi connectivity index (χ2v) is 11.8. The molecule has 3 aliphatic heterocycles. The maximum Gasteiger partial charge on any atom is 0.323 e. The highest BCUT2D eigenvalue weighted by atomic mass is 35.5. The normalized spacial score (nSPS) is 27.5. The van der Waals surface area contributed by atoms with E-state index in [2.05, 4.69) is 5.32 Å². The summed E-state index contributed by atoms with van der Waals surface area (Å²) in [5.74, 6) is -3.58. The lowest BCUT2D eigenvalue weighted by atomic mass is 9.62. The molecule has 0 unspecified atom stereocenters. The molecule has 3 aliphatic rings. The van der Waals surface area contributed by atoms with E-state index in [9.17, 15) is 19.5 Å². The van der Waals surface area contributed by atoms with E-state index < -0.39 is 47.7 Å². The number of aliphatic carboxylic acids is 1. The van der Waals surface area contributed by atoms with Gasteiger partial charge in [0.05, 0.1) is 17.7 Å².